The Hall–Kier alpha value is -3.65. The van der Waals surface area contributed by atoms with Gasteiger partial charge in [0.25, 0.3) is 5.91 Å². The molecule has 30 heavy (non-hydrogen) atoms. The number of hydrogen-bond acceptors (Lipinski definition) is 5. The number of nitrogens with zero attached hydrogens (tertiary/aromatic N) is 3. The molecule has 2 aromatic heterocycles. The molecule has 4 aromatic rings. The fourth-order valence-corrected chi connectivity index (χ4v) is 3.36. The van der Waals surface area contributed by atoms with Crippen LogP contribution in [0.1, 0.15) is 10.4 Å². The zero-order valence-electron chi connectivity index (χ0n) is 16.1. The number of ether oxygens (including phenoxy) is 1. The van der Waals surface area contributed by atoms with Crippen molar-refractivity contribution in [2.75, 3.05) is 19.5 Å². The summed E-state index contributed by atoms with van der Waals surface area (Å²) in [5, 5.41) is 6.01. The molecule has 2 N–H and O–H groups in total. The van der Waals surface area contributed by atoms with E-state index in [-0.39, 0.29) is 11.7 Å². The zero-order valence-corrected chi connectivity index (χ0v) is 16.9. The fraction of sp³-hybridized carbons (Fsp3) is 0.0952. The maximum atomic E-state index is 14.1. The van der Waals surface area contributed by atoms with E-state index in [0.717, 1.165) is 0 Å². The number of carbonyl (C=O) groups excluding carboxylic acids is 1. The lowest BCUT2D eigenvalue weighted by Crippen LogP contribution is -2.18. The molecule has 0 bridgehead atoms. The van der Waals surface area contributed by atoms with Crippen LogP contribution in [0.25, 0.3) is 16.9 Å². The van der Waals surface area contributed by atoms with E-state index in [1.54, 1.807) is 60.4 Å². The van der Waals surface area contributed by atoms with Crippen molar-refractivity contribution >= 4 is 34.7 Å². The third-order valence-corrected chi connectivity index (χ3v) is 4.89. The van der Waals surface area contributed by atoms with Crippen LogP contribution in [0.2, 0.25) is 5.02 Å². The van der Waals surface area contributed by atoms with Crippen LogP contribution in [-0.2, 0) is 0 Å². The zero-order chi connectivity index (χ0) is 21.3. The highest BCUT2D eigenvalue weighted by atomic mass is 35.5. The van der Waals surface area contributed by atoms with Crippen LogP contribution in [0.5, 0.6) is 5.75 Å². The molecule has 2 heterocycles. The van der Waals surface area contributed by atoms with Gasteiger partial charge in [-0.1, -0.05) is 11.6 Å². The van der Waals surface area contributed by atoms with Crippen LogP contribution in [0.15, 0.2) is 55.0 Å². The smallest absolute Gasteiger partial charge is 0.252 e. The van der Waals surface area contributed by atoms with Crippen LogP contribution >= 0.6 is 11.6 Å². The summed E-state index contributed by atoms with van der Waals surface area (Å²) < 4.78 is 20.9. The number of carbonyl (C=O) groups is 1. The molecule has 0 aliphatic rings. The van der Waals surface area contributed by atoms with E-state index >= 15 is 0 Å². The molecule has 0 aliphatic carbocycles. The van der Waals surface area contributed by atoms with Gasteiger partial charge in [0.2, 0.25) is 0 Å². The number of benzene rings is 2. The summed E-state index contributed by atoms with van der Waals surface area (Å²) in [5.41, 5.74) is 2.92. The Kier molecular flexibility index (Phi) is 5.24. The second kappa shape index (κ2) is 8.00. The molecular formula is C21H17ClFN5O2. The second-order valence-electron chi connectivity index (χ2n) is 6.36. The molecule has 0 saturated heterocycles. The summed E-state index contributed by atoms with van der Waals surface area (Å²) in [6, 6.07) is 9.72. The summed E-state index contributed by atoms with van der Waals surface area (Å²) in [5.74, 6) is -0.0604. The lowest BCUT2D eigenvalue weighted by Gasteiger charge is -2.10. The molecule has 0 radical (unpaired) electrons. The normalized spacial score (nSPS) is 10.8. The summed E-state index contributed by atoms with van der Waals surface area (Å²) in [6.07, 6.45) is 5.00. The predicted molar refractivity (Wildman–Crippen MR) is 113 cm³/mol. The minimum absolute atomic E-state index is 0.175. The van der Waals surface area contributed by atoms with Crippen LogP contribution in [0, 0.1) is 5.82 Å². The first-order valence-corrected chi connectivity index (χ1v) is 9.34. The Morgan fingerprint density at radius 2 is 2.03 bits per heavy atom. The van der Waals surface area contributed by atoms with Crippen molar-refractivity contribution < 1.29 is 13.9 Å². The van der Waals surface area contributed by atoms with Gasteiger partial charge in [0.15, 0.2) is 23.0 Å². The van der Waals surface area contributed by atoms with Gasteiger partial charge in [-0.3, -0.25) is 9.20 Å². The topological polar surface area (TPSA) is 80.6 Å². The van der Waals surface area contributed by atoms with Gasteiger partial charge in [0.05, 0.1) is 29.6 Å². The van der Waals surface area contributed by atoms with Gasteiger partial charge in [-0.05, 0) is 36.4 Å². The number of imidazole rings is 1. The van der Waals surface area contributed by atoms with Gasteiger partial charge in [-0.15, -0.1) is 0 Å². The van der Waals surface area contributed by atoms with E-state index in [1.807, 2.05) is 0 Å². The van der Waals surface area contributed by atoms with E-state index in [4.69, 9.17) is 16.3 Å². The molecule has 0 spiro atoms. The largest absolute Gasteiger partial charge is 0.494 e. The number of amides is 1. The van der Waals surface area contributed by atoms with Gasteiger partial charge in [0.1, 0.15) is 0 Å². The van der Waals surface area contributed by atoms with Crippen molar-refractivity contribution in [3.63, 3.8) is 0 Å². The van der Waals surface area contributed by atoms with Crippen molar-refractivity contribution in [1.82, 2.24) is 19.7 Å². The lowest BCUT2D eigenvalue weighted by atomic mass is 10.1. The van der Waals surface area contributed by atoms with Crippen LogP contribution in [-0.4, -0.2) is 34.4 Å². The van der Waals surface area contributed by atoms with E-state index in [0.29, 0.717) is 39.0 Å². The Bertz CT molecular complexity index is 1260. The van der Waals surface area contributed by atoms with E-state index in [1.165, 1.54) is 13.2 Å². The number of anilines is 2. The maximum absolute atomic E-state index is 14.1. The quantitative estimate of drug-likeness (QED) is 0.498. The Labute approximate surface area is 176 Å². The minimum Gasteiger partial charge on any atom is -0.494 e. The van der Waals surface area contributed by atoms with Crippen molar-refractivity contribution in [2.24, 2.45) is 0 Å². The molecular weight excluding hydrogens is 409 g/mol. The molecule has 152 valence electrons. The fourth-order valence-electron chi connectivity index (χ4n) is 3.10. The highest BCUT2D eigenvalue weighted by Crippen LogP contribution is 2.29. The monoisotopic (exact) mass is 425 g/mol. The number of methoxy groups -OCH3 is 1. The van der Waals surface area contributed by atoms with Crippen molar-refractivity contribution in [3.05, 3.63) is 71.4 Å². The van der Waals surface area contributed by atoms with Gasteiger partial charge in [0, 0.05) is 30.7 Å². The number of aromatic nitrogens is 3. The summed E-state index contributed by atoms with van der Waals surface area (Å²) in [7, 11) is 2.96. The summed E-state index contributed by atoms with van der Waals surface area (Å²) in [4.78, 5) is 20.6. The third-order valence-electron chi connectivity index (χ3n) is 4.58. The Morgan fingerprint density at radius 1 is 1.20 bits per heavy atom. The first kappa shape index (κ1) is 19.7. The average Bonchev–Trinajstić information content (AvgIpc) is 3.18. The van der Waals surface area contributed by atoms with E-state index < -0.39 is 5.82 Å². The van der Waals surface area contributed by atoms with Gasteiger partial charge in [-0.2, -0.15) is 0 Å². The molecule has 9 heteroatoms. The standard InChI is InChI=1S/C21H17ClFN5O2/c1-24-21(29)14-5-4-13(10-15(14)22)27-19-20-26-11-17(28(20)8-7-25-19)12-3-6-18(30-2)16(23)9-12/h3-11H,1-2H3,(H,24,29)(H,25,27). The van der Waals surface area contributed by atoms with Gasteiger partial charge >= 0.3 is 0 Å². The molecule has 0 fully saturated rings. The number of halogens is 2. The van der Waals surface area contributed by atoms with Crippen LogP contribution in [0.4, 0.5) is 15.9 Å². The summed E-state index contributed by atoms with van der Waals surface area (Å²) >= 11 is 6.22. The van der Waals surface area contributed by atoms with E-state index in [9.17, 15) is 9.18 Å². The highest BCUT2D eigenvalue weighted by Gasteiger charge is 2.14. The molecule has 0 saturated carbocycles. The SMILES string of the molecule is CNC(=O)c1ccc(Nc2nccn3c(-c4ccc(OC)c(F)c4)cnc23)cc1Cl. The first-order chi connectivity index (χ1) is 14.5. The first-order valence-electron chi connectivity index (χ1n) is 8.96. The lowest BCUT2D eigenvalue weighted by molar-refractivity contribution is 0.0963. The summed E-state index contributed by atoms with van der Waals surface area (Å²) in [6.45, 7) is 0. The van der Waals surface area contributed by atoms with Crippen LogP contribution in [0.3, 0.4) is 0 Å². The maximum Gasteiger partial charge on any atom is 0.252 e. The number of fused-ring (bicyclic) bond motifs is 1. The number of hydrogen-bond donors (Lipinski definition) is 2. The molecule has 1 amide bonds. The minimum atomic E-state index is -0.455. The third kappa shape index (κ3) is 3.53. The second-order valence-corrected chi connectivity index (χ2v) is 6.77. The Morgan fingerprint density at radius 3 is 2.73 bits per heavy atom. The molecule has 0 atom stereocenters. The van der Waals surface area contributed by atoms with Crippen molar-refractivity contribution in [3.8, 4) is 17.0 Å². The van der Waals surface area contributed by atoms with Crippen molar-refractivity contribution in [1.29, 1.82) is 0 Å². The molecule has 0 unspecified atom stereocenters. The highest BCUT2D eigenvalue weighted by molar-refractivity contribution is 6.34. The van der Waals surface area contributed by atoms with Crippen molar-refractivity contribution in [2.45, 2.75) is 0 Å². The predicted octanol–water partition coefficient (Wildman–Crippen LogP) is 4.30. The molecule has 2 aromatic carbocycles. The molecule has 4 rings (SSSR count). The number of nitrogens with one attached hydrogen (secondary N) is 2. The van der Waals surface area contributed by atoms with E-state index in [2.05, 4.69) is 20.6 Å². The van der Waals surface area contributed by atoms with Gasteiger partial charge in [-0.25, -0.2) is 14.4 Å². The number of rotatable bonds is 5. The molecule has 7 nitrogen and oxygen atoms in total. The van der Waals surface area contributed by atoms with Gasteiger partial charge < -0.3 is 15.4 Å². The van der Waals surface area contributed by atoms with Crippen LogP contribution < -0.4 is 15.4 Å². The Balaban J connectivity index is 1.70. The average molecular weight is 426 g/mol. The molecule has 0 aliphatic heterocycles.